The molecule has 0 spiro atoms. The molecule has 1 N–H and O–H groups in total. The van der Waals surface area contributed by atoms with Gasteiger partial charge in [0.15, 0.2) is 0 Å². The molecule has 2 atom stereocenters. The number of carbonyl (C=O) groups excluding carboxylic acids is 1. The summed E-state index contributed by atoms with van der Waals surface area (Å²) >= 11 is 0. The van der Waals surface area contributed by atoms with Gasteiger partial charge in [-0.05, 0) is 37.0 Å². The Morgan fingerprint density at radius 2 is 2.00 bits per heavy atom. The van der Waals surface area contributed by atoms with Gasteiger partial charge >= 0.3 is 0 Å². The molecule has 0 radical (unpaired) electrons. The Morgan fingerprint density at radius 3 is 2.59 bits per heavy atom. The molecule has 0 unspecified atom stereocenters. The highest BCUT2D eigenvalue weighted by atomic mass is 16.3. The molecule has 0 amide bonds. The molecule has 0 saturated heterocycles. The van der Waals surface area contributed by atoms with Crippen molar-refractivity contribution in [1.29, 1.82) is 0 Å². The van der Waals surface area contributed by atoms with Crippen molar-refractivity contribution in [2.24, 2.45) is 5.41 Å². The van der Waals surface area contributed by atoms with Gasteiger partial charge in [-0.3, -0.25) is 0 Å². The van der Waals surface area contributed by atoms with Gasteiger partial charge in [0.2, 0.25) is 0 Å². The molecule has 1 aliphatic rings. The SMILES string of the molecule is Cc1cc([C@]2(C)CCC[C@]2(C)C=O)ccc1O. The summed E-state index contributed by atoms with van der Waals surface area (Å²) in [5.74, 6) is 0.322. The second-order valence-corrected chi connectivity index (χ2v) is 5.72. The van der Waals surface area contributed by atoms with Gasteiger partial charge in [-0.1, -0.05) is 32.4 Å². The molecule has 0 aliphatic heterocycles. The fraction of sp³-hybridized carbons (Fsp3) is 0.533. The van der Waals surface area contributed by atoms with E-state index < -0.39 is 0 Å². The van der Waals surface area contributed by atoms with Crippen LogP contribution in [0.5, 0.6) is 5.75 Å². The van der Waals surface area contributed by atoms with Crippen molar-refractivity contribution >= 4 is 6.29 Å². The molecule has 92 valence electrons. The summed E-state index contributed by atoms with van der Waals surface area (Å²) in [5.41, 5.74) is 1.66. The summed E-state index contributed by atoms with van der Waals surface area (Å²) in [4.78, 5) is 11.4. The average molecular weight is 232 g/mol. The van der Waals surface area contributed by atoms with Crippen molar-refractivity contribution in [3.05, 3.63) is 29.3 Å². The number of carbonyl (C=O) groups is 1. The standard InChI is InChI=1S/C15H20O2/c1-11-9-12(5-6-13(11)17)15(3)8-4-7-14(15,2)10-16/h5-6,9-10,17H,4,7-8H2,1-3H3/t14-,15+/m1/s1. The van der Waals surface area contributed by atoms with Crippen LogP contribution in [0.3, 0.4) is 0 Å². The van der Waals surface area contributed by atoms with Gasteiger partial charge in [0.05, 0.1) is 0 Å². The van der Waals surface area contributed by atoms with E-state index >= 15 is 0 Å². The second kappa shape index (κ2) is 3.86. The van der Waals surface area contributed by atoms with Crippen LogP contribution in [-0.4, -0.2) is 11.4 Å². The minimum atomic E-state index is -0.281. The van der Waals surface area contributed by atoms with Crippen LogP contribution in [0.15, 0.2) is 18.2 Å². The van der Waals surface area contributed by atoms with E-state index in [0.717, 1.165) is 31.1 Å². The molecule has 1 aromatic carbocycles. The molecule has 0 aromatic heterocycles. The van der Waals surface area contributed by atoms with Crippen LogP contribution in [0.25, 0.3) is 0 Å². The van der Waals surface area contributed by atoms with Crippen LogP contribution in [0.2, 0.25) is 0 Å². The van der Waals surface area contributed by atoms with Crippen molar-refractivity contribution in [2.75, 3.05) is 0 Å². The smallest absolute Gasteiger partial charge is 0.126 e. The lowest BCUT2D eigenvalue weighted by Crippen LogP contribution is -2.37. The summed E-state index contributed by atoms with van der Waals surface area (Å²) in [6.07, 6.45) is 4.19. The molecule has 1 saturated carbocycles. The average Bonchev–Trinajstić information content (AvgIpc) is 2.61. The van der Waals surface area contributed by atoms with Gasteiger partial charge in [0.25, 0.3) is 0 Å². The highest BCUT2D eigenvalue weighted by molar-refractivity contribution is 5.64. The topological polar surface area (TPSA) is 37.3 Å². The van der Waals surface area contributed by atoms with Gasteiger partial charge in [-0.25, -0.2) is 0 Å². The van der Waals surface area contributed by atoms with Crippen LogP contribution < -0.4 is 0 Å². The number of aldehydes is 1. The van der Waals surface area contributed by atoms with Crippen LogP contribution in [0, 0.1) is 12.3 Å². The molecule has 0 bridgehead atoms. The Kier molecular flexibility index (Phi) is 2.76. The summed E-state index contributed by atoms with van der Waals surface area (Å²) in [6, 6.07) is 5.71. The lowest BCUT2D eigenvalue weighted by Gasteiger charge is -2.37. The highest BCUT2D eigenvalue weighted by Gasteiger charge is 2.49. The first-order valence-electron chi connectivity index (χ1n) is 6.19. The first-order chi connectivity index (χ1) is 7.93. The summed E-state index contributed by atoms with van der Waals surface area (Å²) < 4.78 is 0. The minimum Gasteiger partial charge on any atom is -0.508 e. The normalized spacial score (nSPS) is 32.6. The Labute approximate surface area is 103 Å². The zero-order valence-corrected chi connectivity index (χ0v) is 10.8. The highest BCUT2D eigenvalue weighted by Crippen LogP contribution is 2.53. The summed E-state index contributed by atoms with van der Waals surface area (Å²) in [6.45, 7) is 6.12. The monoisotopic (exact) mass is 232 g/mol. The van der Waals surface area contributed by atoms with Gasteiger partial charge < -0.3 is 9.90 Å². The molecule has 2 heteroatoms. The van der Waals surface area contributed by atoms with Crippen molar-refractivity contribution in [3.63, 3.8) is 0 Å². The molecule has 1 aliphatic carbocycles. The summed E-state index contributed by atoms with van der Waals surface area (Å²) in [5, 5.41) is 9.59. The number of hydrogen-bond acceptors (Lipinski definition) is 2. The number of hydrogen-bond donors (Lipinski definition) is 1. The maximum Gasteiger partial charge on any atom is 0.126 e. The molecular formula is C15H20O2. The van der Waals surface area contributed by atoms with Crippen molar-refractivity contribution < 1.29 is 9.90 Å². The maximum absolute atomic E-state index is 11.4. The molecule has 1 aromatic rings. The van der Waals surface area contributed by atoms with Crippen molar-refractivity contribution in [2.45, 2.75) is 45.4 Å². The fourth-order valence-electron chi connectivity index (χ4n) is 3.03. The van der Waals surface area contributed by atoms with E-state index in [-0.39, 0.29) is 10.8 Å². The van der Waals surface area contributed by atoms with E-state index in [1.54, 1.807) is 6.07 Å². The molecule has 2 rings (SSSR count). The molecule has 0 heterocycles. The van der Waals surface area contributed by atoms with Crippen molar-refractivity contribution in [3.8, 4) is 5.75 Å². The number of phenolic OH excluding ortho intramolecular Hbond substituents is 1. The Balaban J connectivity index is 2.51. The van der Waals surface area contributed by atoms with E-state index in [2.05, 4.69) is 13.8 Å². The molecule has 17 heavy (non-hydrogen) atoms. The van der Waals surface area contributed by atoms with Gasteiger partial charge in [0, 0.05) is 10.8 Å². The van der Waals surface area contributed by atoms with Gasteiger partial charge in [0.1, 0.15) is 12.0 Å². The minimum absolute atomic E-state index is 0.104. The zero-order valence-electron chi connectivity index (χ0n) is 10.8. The first-order valence-corrected chi connectivity index (χ1v) is 6.19. The summed E-state index contributed by atoms with van der Waals surface area (Å²) in [7, 11) is 0. The number of aryl methyl sites for hydroxylation is 1. The van der Waals surface area contributed by atoms with Crippen molar-refractivity contribution in [1.82, 2.24) is 0 Å². The number of rotatable bonds is 2. The zero-order chi connectivity index (χ0) is 12.7. The third-order valence-electron chi connectivity index (χ3n) is 4.73. The van der Waals surface area contributed by atoms with E-state index in [1.807, 2.05) is 19.1 Å². The van der Waals surface area contributed by atoms with Gasteiger partial charge in [-0.15, -0.1) is 0 Å². The largest absolute Gasteiger partial charge is 0.508 e. The van der Waals surface area contributed by atoms with Crippen LogP contribution in [0.1, 0.15) is 44.2 Å². The lowest BCUT2D eigenvalue weighted by molar-refractivity contribution is -0.117. The Bertz CT molecular complexity index is 452. The predicted octanol–water partition coefficient (Wildman–Crippen LogP) is 3.35. The first kappa shape index (κ1) is 12.2. The van der Waals surface area contributed by atoms with Crippen LogP contribution in [-0.2, 0) is 10.2 Å². The number of phenols is 1. The number of benzene rings is 1. The van der Waals surface area contributed by atoms with E-state index in [9.17, 15) is 9.90 Å². The van der Waals surface area contributed by atoms with E-state index in [4.69, 9.17) is 0 Å². The lowest BCUT2D eigenvalue weighted by atomic mass is 9.65. The molecular weight excluding hydrogens is 212 g/mol. The van der Waals surface area contributed by atoms with Gasteiger partial charge in [-0.2, -0.15) is 0 Å². The molecule has 2 nitrogen and oxygen atoms in total. The quantitative estimate of drug-likeness (QED) is 0.794. The van der Waals surface area contributed by atoms with Crippen LogP contribution in [0.4, 0.5) is 0 Å². The van der Waals surface area contributed by atoms with E-state index in [0.29, 0.717) is 5.75 Å². The Hall–Kier alpha value is -1.31. The third kappa shape index (κ3) is 1.67. The second-order valence-electron chi connectivity index (χ2n) is 5.72. The third-order valence-corrected chi connectivity index (χ3v) is 4.73. The maximum atomic E-state index is 11.4. The van der Waals surface area contributed by atoms with E-state index in [1.165, 1.54) is 5.56 Å². The molecule has 1 fully saturated rings. The number of aromatic hydroxyl groups is 1. The predicted molar refractivity (Wildman–Crippen MR) is 68.2 cm³/mol. The van der Waals surface area contributed by atoms with Crippen LogP contribution >= 0.6 is 0 Å². The fourth-order valence-corrected chi connectivity index (χ4v) is 3.03. The Morgan fingerprint density at radius 1 is 1.29 bits per heavy atom.